The Morgan fingerprint density at radius 1 is 0.389 bits per heavy atom. The highest BCUT2D eigenvalue weighted by Crippen LogP contribution is 2.38. The summed E-state index contributed by atoms with van der Waals surface area (Å²) < 4.78 is 95.0. The van der Waals surface area contributed by atoms with Crippen molar-refractivity contribution >= 4 is 90.5 Å². The van der Waals surface area contributed by atoms with E-state index in [1.807, 2.05) is 71.0 Å². The number of carboxylic acid groups (broad SMARTS) is 2. The van der Waals surface area contributed by atoms with Crippen LogP contribution in [0, 0.1) is 13.8 Å². The Balaban J connectivity index is 0.000000290. The van der Waals surface area contributed by atoms with Gasteiger partial charge in [-0.25, -0.2) is 16.8 Å². The van der Waals surface area contributed by atoms with E-state index in [0.717, 1.165) is 21.2 Å². The Labute approximate surface area is 680 Å². The molecule has 11 rings (SSSR count). The molecule has 0 spiro atoms. The molecule has 23 heteroatoms. The van der Waals surface area contributed by atoms with Gasteiger partial charge in [-0.2, -0.15) is 0 Å². The van der Waals surface area contributed by atoms with Gasteiger partial charge in [0.15, 0.2) is 35.0 Å². The Kier molecular flexibility index (Phi) is 38.9. The van der Waals surface area contributed by atoms with E-state index in [2.05, 4.69) is 184 Å². The van der Waals surface area contributed by atoms with Gasteiger partial charge >= 0.3 is 7.54 Å². The monoisotopic (exact) mass is 1650 g/mol. The fraction of sp³-hybridized carbons (Fsp3) is 0.233. The number of halogens is 6. The highest BCUT2D eigenvalue weighted by atomic mass is 35.5. The first-order chi connectivity index (χ1) is 52.6. The molecule has 11 aromatic rings. The number of aryl methyl sites for hydroxylation is 2. The Hall–Kier alpha value is -9.13. The fourth-order valence-corrected chi connectivity index (χ4v) is 16.9. The van der Waals surface area contributed by atoms with E-state index in [1.165, 1.54) is 75.9 Å². The van der Waals surface area contributed by atoms with E-state index in [4.69, 9.17) is 23.2 Å². The molecule has 1 N–H and O–H groups in total. The lowest BCUT2D eigenvalue weighted by Gasteiger charge is -2.30. The molecule has 0 aliphatic heterocycles. The van der Waals surface area contributed by atoms with Crippen LogP contribution < -0.4 is 14.9 Å². The molecule has 598 valence electrons. The number of aliphatic hydroxyl groups is 1. The van der Waals surface area contributed by atoms with Crippen molar-refractivity contribution in [2.45, 2.75) is 177 Å². The number of carboxylic acids is 2. The molecule has 0 bridgehead atoms. The van der Waals surface area contributed by atoms with Gasteiger partial charge in [-0.1, -0.05) is 281 Å². The average molecular weight is 1650 g/mol. The van der Waals surface area contributed by atoms with Crippen molar-refractivity contribution in [3.05, 3.63) is 344 Å². The molecule has 0 aliphatic carbocycles. The normalized spacial score (nSPS) is 11.1. The summed E-state index contributed by atoms with van der Waals surface area (Å²) >= 11 is 12.1. The van der Waals surface area contributed by atoms with E-state index >= 15 is 0 Å². The summed E-state index contributed by atoms with van der Waals surface area (Å²) in [5.74, 6) is -2.18. The van der Waals surface area contributed by atoms with E-state index in [9.17, 15) is 68.6 Å². The minimum Gasteiger partial charge on any atom is -1.00 e. The first kappa shape index (κ1) is 96.2. The number of aliphatic carboxylic acids is 2. The maximum absolute atomic E-state index is 11.6. The summed E-state index contributed by atoms with van der Waals surface area (Å²) in [7, 11) is -12.6. The molecule has 0 aliphatic rings. The van der Waals surface area contributed by atoms with E-state index in [1.54, 1.807) is 91.0 Å². The number of ketones is 1. The zero-order valence-electron chi connectivity index (χ0n) is 65.4. The van der Waals surface area contributed by atoms with Crippen LogP contribution in [-0.4, -0.2) is 56.3 Å². The van der Waals surface area contributed by atoms with Crippen LogP contribution in [0.4, 0.5) is 12.9 Å². The third kappa shape index (κ3) is 30.0. The number of Topliss-reactive ketones (excluding diaryl/α,β-unsaturated/α-hetero) is 1. The quantitative estimate of drug-likeness (QED) is 0.0199. The van der Waals surface area contributed by atoms with Crippen LogP contribution in [0.5, 0.6) is 0 Å². The van der Waals surface area contributed by atoms with Crippen LogP contribution in [0.1, 0.15) is 185 Å². The average Bonchev–Trinajstić information content (AvgIpc) is 0.777. The van der Waals surface area contributed by atoms with Gasteiger partial charge in [0.2, 0.25) is 5.78 Å². The van der Waals surface area contributed by atoms with Crippen molar-refractivity contribution in [1.29, 1.82) is 0 Å². The predicted molar refractivity (Wildman–Crippen MR) is 442 cm³/mol. The second kappa shape index (κ2) is 45.7. The van der Waals surface area contributed by atoms with Gasteiger partial charge in [0.05, 0.1) is 37.6 Å². The predicted octanol–water partition coefficient (Wildman–Crippen LogP) is 17.6. The van der Waals surface area contributed by atoms with Gasteiger partial charge in [0.1, 0.15) is 26.2 Å². The van der Waals surface area contributed by atoms with Crippen LogP contribution in [0.15, 0.2) is 312 Å². The first-order valence-electron chi connectivity index (χ1n) is 36.0. The van der Waals surface area contributed by atoms with Gasteiger partial charge < -0.3 is 38.7 Å². The second-order valence-electron chi connectivity index (χ2n) is 27.7. The van der Waals surface area contributed by atoms with Crippen LogP contribution in [0.3, 0.4) is 0 Å². The van der Waals surface area contributed by atoms with Crippen molar-refractivity contribution in [2.75, 3.05) is 0 Å². The molecule has 0 saturated heterocycles. The minimum absolute atomic E-state index is 0. The van der Waals surface area contributed by atoms with Crippen molar-refractivity contribution in [1.82, 2.24) is 0 Å². The second-order valence-corrected chi connectivity index (χ2v) is 35.3. The van der Waals surface area contributed by atoms with Crippen LogP contribution >= 0.6 is 23.2 Å². The van der Waals surface area contributed by atoms with Crippen molar-refractivity contribution in [3.63, 3.8) is 0 Å². The van der Waals surface area contributed by atoms with E-state index in [0.29, 0.717) is 34.8 Å². The topological polar surface area (TPSA) is 232 Å². The zero-order chi connectivity index (χ0) is 83.4. The SMILES string of the molecule is CC(C)c1cc(C(C)C)c(S(=O)(=O)[O-])c(C(C)C)c1.CC(C)c1ccc([S+](c2ccc(C(C)C)cc2)c2ccc(C(C)C)cc2)cc1.Cc1ccc(S(=O)(=O)[O-])cc1.Cc1ccc([S+](c2ccc(Cl)cc2)c2ccc(Cl)cc2)cc1.FB(F)F.O=C([O-])C(=O)c1ccccc1.O=C([O-])C(O)(c1ccccc1)c1ccccc1.[F-]. The minimum atomic E-state index is -4.45. The molecule has 0 amide bonds. The van der Waals surface area contributed by atoms with Crippen LogP contribution in [0.2, 0.25) is 10.0 Å². The molecule has 0 aromatic heterocycles. The molecule has 0 saturated carbocycles. The lowest BCUT2D eigenvalue weighted by atomic mass is 9.86. The van der Waals surface area contributed by atoms with Gasteiger partial charge in [-0.15, -0.1) is 0 Å². The van der Waals surface area contributed by atoms with Crippen LogP contribution in [-0.2, 0) is 57.2 Å². The lowest BCUT2D eigenvalue weighted by Crippen LogP contribution is -3.00. The molecule has 113 heavy (non-hydrogen) atoms. The molecule has 12 nitrogen and oxygen atoms in total. The summed E-state index contributed by atoms with van der Waals surface area (Å²) in [5.41, 5.74) is 7.37. The Morgan fingerprint density at radius 2 is 0.646 bits per heavy atom. The molecule has 0 heterocycles. The third-order valence-corrected chi connectivity index (χ3v) is 24.0. The van der Waals surface area contributed by atoms with Gasteiger partial charge in [-0.05, 0) is 203 Å². The van der Waals surface area contributed by atoms with Crippen molar-refractivity contribution in [3.8, 4) is 0 Å². The number of carbonyl (C=O) groups is 3. The van der Waals surface area contributed by atoms with Crippen molar-refractivity contribution < 1.29 is 73.3 Å². The summed E-state index contributed by atoms with van der Waals surface area (Å²) in [6.45, 7) is 29.2. The van der Waals surface area contributed by atoms with Crippen LogP contribution in [0.25, 0.3) is 0 Å². The molecule has 11 aromatic carbocycles. The third-order valence-electron chi connectivity index (χ3n) is 17.2. The Morgan fingerprint density at radius 3 is 0.885 bits per heavy atom. The maximum atomic E-state index is 11.6. The standard InChI is InChI=1S/C27H33S.C19H15Cl2S.C15H24O3S.C14H12O3.C8H6O3.C7H8O3S.BF3.FH/c1-19(2)22-7-13-25(14-8-22)28(26-15-9-23(10-16-26)20(3)4)27-17-11-24(12-18-27)21(5)6;1-14-2-8-17(9-3-14)22(18-10-4-15(20)5-11-18)19-12-6-16(21)7-13-19;1-9(2)12-7-13(10(3)4)15(19(16,17)18)14(8-12)11(5)6;15-13(16)14(17,11-7-3-1-4-8-11)12-9-5-2-6-10-12;9-7(8(10)11)6-4-2-1-3-5-6;1-6-2-4-7(5-3-6)11(8,9)10;2-1(3)4;/h7-21H,1-6H3;2-13H,1H3;7-11H,1-6H3,(H,16,17,18);1-10,17H,(H,15,16);1-5H,(H,10,11);2-5H,1H3,(H,8,9,10);;1H/q2*+1;;;;;;/p-5. The van der Waals surface area contributed by atoms with E-state index in [-0.39, 0.29) is 64.8 Å². The summed E-state index contributed by atoms with van der Waals surface area (Å²) in [4.78, 5) is 39.7. The largest absolute Gasteiger partial charge is 1.00 e. The summed E-state index contributed by atoms with van der Waals surface area (Å²) in [5, 5.41) is 33.2. The van der Waals surface area contributed by atoms with Gasteiger partial charge in [-0.3, -0.25) is 17.7 Å². The highest BCUT2D eigenvalue weighted by Gasteiger charge is 2.34. The smallest absolute Gasteiger partial charge is 0.762 e. The molecular formula is C90H94BCl2F4O12S4-3. The number of benzene rings is 11. The molecule has 0 fully saturated rings. The summed E-state index contributed by atoms with van der Waals surface area (Å²) in [6, 6.07) is 86.3. The number of hydrogen-bond donors (Lipinski definition) is 1. The lowest BCUT2D eigenvalue weighted by molar-refractivity contribution is -0.323. The maximum Gasteiger partial charge on any atom is 0.762 e. The molecule has 0 unspecified atom stereocenters. The highest BCUT2D eigenvalue weighted by molar-refractivity contribution is 7.97. The molecular weight excluding hydrogens is 1560 g/mol. The fourth-order valence-electron chi connectivity index (χ4n) is 11.0. The number of carbonyl (C=O) groups excluding carboxylic acids is 3. The Bertz CT molecular complexity index is 4680. The first-order valence-corrected chi connectivity index (χ1v) is 42.0. The molecule has 0 radical (unpaired) electrons. The number of hydrogen-bond acceptors (Lipinski definition) is 12. The molecule has 0 atom stereocenters. The summed E-state index contributed by atoms with van der Waals surface area (Å²) in [6.07, 6.45) is 0. The zero-order valence-corrected chi connectivity index (χ0v) is 70.1. The van der Waals surface area contributed by atoms with E-state index < -0.39 is 51.1 Å². The van der Waals surface area contributed by atoms with Gasteiger partial charge in [0, 0.05) is 15.6 Å². The van der Waals surface area contributed by atoms with Crippen molar-refractivity contribution in [2.24, 2.45) is 0 Å². The van der Waals surface area contributed by atoms with Gasteiger partial charge in [0.25, 0.3) is 0 Å². The number of rotatable bonds is 19.